The first kappa shape index (κ1) is 23.7. The second kappa shape index (κ2) is 10.1. The van der Waals surface area contributed by atoms with Gasteiger partial charge in [-0.25, -0.2) is 23.4 Å². The van der Waals surface area contributed by atoms with Gasteiger partial charge in [-0.3, -0.25) is 0 Å². The van der Waals surface area contributed by atoms with E-state index in [2.05, 4.69) is 15.1 Å². The predicted molar refractivity (Wildman–Crippen MR) is 125 cm³/mol. The molecule has 4 rings (SSSR count). The zero-order valence-corrected chi connectivity index (χ0v) is 19.6. The third-order valence-electron chi connectivity index (χ3n) is 4.77. The molecule has 0 saturated heterocycles. The van der Waals surface area contributed by atoms with Crippen LogP contribution in [-0.4, -0.2) is 33.0 Å². The number of nitriles is 1. The molecule has 32 heavy (non-hydrogen) atoms. The Hall–Kier alpha value is -2.94. The summed E-state index contributed by atoms with van der Waals surface area (Å²) in [5.74, 6) is 0.243. The molecule has 2 N–H and O–H groups in total. The SMILES string of the molecule is C[C@@]1(c2cc(-c3cnn(-c4ccc(C#N)cn4)c3)ccc2F)CCOC(N)=N1.FC(P)P. The molecule has 1 aromatic carbocycles. The Balaban J connectivity index is 0.000000668. The molecule has 3 aromatic rings. The Morgan fingerprint density at radius 3 is 2.62 bits per heavy atom. The first-order valence-corrected chi connectivity index (χ1v) is 10.9. The zero-order valence-electron chi connectivity index (χ0n) is 17.2. The number of benzene rings is 1. The van der Waals surface area contributed by atoms with Crippen LogP contribution in [0.15, 0.2) is 53.9 Å². The summed E-state index contributed by atoms with van der Waals surface area (Å²) in [6.45, 7) is 2.23. The van der Waals surface area contributed by atoms with Gasteiger partial charge in [-0.2, -0.15) is 10.4 Å². The molecular weight excluding hydrogens is 452 g/mol. The van der Waals surface area contributed by atoms with Gasteiger partial charge in [0.05, 0.1) is 23.9 Å². The number of rotatable bonds is 3. The number of alkyl halides is 1. The molecule has 1 aliphatic heterocycles. The van der Waals surface area contributed by atoms with Gasteiger partial charge in [-0.15, -0.1) is 0 Å². The van der Waals surface area contributed by atoms with Crippen molar-refractivity contribution in [3.63, 3.8) is 0 Å². The van der Waals surface area contributed by atoms with E-state index in [-0.39, 0.29) is 11.8 Å². The number of pyridine rings is 1. The van der Waals surface area contributed by atoms with E-state index < -0.39 is 11.2 Å². The average Bonchev–Trinajstić information content (AvgIpc) is 3.24. The summed E-state index contributed by atoms with van der Waals surface area (Å²) in [7, 11) is 3.91. The minimum atomic E-state index is -0.833. The highest BCUT2D eigenvalue weighted by atomic mass is 31.1. The van der Waals surface area contributed by atoms with Gasteiger partial charge in [-0.1, -0.05) is 24.5 Å². The molecule has 0 bridgehead atoms. The first-order valence-electron chi connectivity index (χ1n) is 9.57. The maximum absolute atomic E-state index is 14.6. The molecule has 0 amide bonds. The summed E-state index contributed by atoms with van der Waals surface area (Å²) in [5, 5.41) is 13.2. The van der Waals surface area contributed by atoms with Crippen LogP contribution >= 0.6 is 18.5 Å². The van der Waals surface area contributed by atoms with Crippen LogP contribution < -0.4 is 5.73 Å². The van der Waals surface area contributed by atoms with Gasteiger partial charge in [-0.05, 0) is 36.8 Å². The lowest BCUT2D eigenvalue weighted by molar-refractivity contribution is 0.215. The monoisotopic (exact) mass is 474 g/mol. The Kier molecular flexibility index (Phi) is 7.50. The number of nitrogens with two attached hydrogens (primary N) is 1. The predicted octanol–water partition coefficient (Wildman–Crippen LogP) is 3.88. The van der Waals surface area contributed by atoms with Gasteiger partial charge in [0, 0.05) is 29.9 Å². The van der Waals surface area contributed by atoms with E-state index >= 15 is 0 Å². The van der Waals surface area contributed by atoms with Crippen molar-refractivity contribution in [3.05, 3.63) is 65.9 Å². The molecule has 0 aliphatic carbocycles. The van der Waals surface area contributed by atoms with E-state index in [0.717, 1.165) is 11.1 Å². The van der Waals surface area contributed by atoms with Crippen molar-refractivity contribution in [1.82, 2.24) is 14.8 Å². The fourth-order valence-corrected chi connectivity index (χ4v) is 3.18. The second-order valence-corrected chi connectivity index (χ2v) is 9.20. The third-order valence-corrected chi connectivity index (χ3v) is 4.77. The average molecular weight is 474 g/mol. The molecule has 2 aromatic heterocycles. The van der Waals surface area contributed by atoms with Gasteiger partial charge in [0.25, 0.3) is 6.02 Å². The number of aliphatic imine (C=N–C) groups is 1. The summed E-state index contributed by atoms with van der Waals surface area (Å²) in [6, 6.07) is 10.4. The highest BCUT2D eigenvalue weighted by Crippen LogP contribution is 2.36. The number of hydrogen-bond acceptors (Lipinski definition) is 6. The third kappa shape index (κ3) is 5.64. The summed E-state index contributed by atoms with van der Waals surface area (Å²) in [4.78, 5) is 8.55. The van der Waals surface area contributed by atoms with Crippen molar-refractivity contribution in [2.45, 2.75) is 24.5 Å². The quantitative estimate of drug-likeness (QED) is 0.581. The Morgan fingerprint density at radius 2 is 2.00 bits per heavy atom. The molecule has 0 fully saturated rings. The molecule has 2 unspecified atom stereocenters. The molecule has 3 heterocycles. The van der Waals surface area contributed by atoms with Crippen molar-refractivity contribution in [3.8, 4) is 23.0 Å². The van der Waals surface area contributed by atoms with Gasteiger partial charge < -0.3 is 10.5 Å². The van der Waals surface area contributed by atoms with Crippen molar-refractivity contribution in [1.29, 1.82) is 5.26 Å². The van der Waals surface area contributed by atoms with E-state index in [1.165, 1.54) is 12.3 Å². The van der Waals surface area contributed by atoms with Crippen molar-refractivity contribution < 1.29 is 13.5 Å². The first-order chi connectivity index (χ1) is 15.2. The summed E-state index contributed by atoms with van der Waals surface area (Å²) in [6.07, 6.45) is 5.50. The molecule has 0 saturated carbocycles. The second-order valence-electron chi connectivity index (χ2n) is 7.15. The lowest BCUT2D eigenvalue weighted by Crippen LogP contribution is -2.34. The highest BCUT2D eigenvalue weighted by Gasteiger charge is 2.33. The van der Waals surface area contributed by atoms with Crippen LogP contribution in [0.2, 0.25) is 0 Å². The molecular formula is C21H22F2N6OP2. The van der Waals surface area contributed by atoms with Crippen LogP contribution in [0.4, 0.5) is 8.78 Å². The fourth-order valence-electron chi connectivity index (χ4n) is 3.18. The van der Waals surface area contributed by atoms with E-state index in [1.807, 2.05) is 31.5 Å². The minimum Gasteiger partial charge on any atom is -0.465 e. The summed E-state index contributed by atoms with van der Waals surface area (Å²) >= 11 is 0. The molecule has 0 radical (unpaired) electrons. The Morgan fingerprint density at radius 1 is 1.25 bits per heavy atom. The summed E-state index contributed by atoms with van der Waals surface area (Å²) in [5.41, 5.74) is 6.63. The molecule has 3 atom stereocenters. The number of aromatic nitrogens is 3. The molecule has 11 heteroatoms. The van der Waals surface area contributed by atoms with Crippen molar-refractivity contribution >= 4 is 24.5 Å². The topological polar surface area (TPSA) is 102 Å². The van der Waals surface area contributed by atoms with Crippen LogP contribution in [0, 0.1) is 17.1 Å². The maximum Gasteiger partial charge on any atom is 0.282 e. The maximum atomic E-state index is 14.6. The van der Waals surface area contributed by atoms with Gasteiger partial charge >= 0.3 is 0 Å². The molecule has 0 spiro atoms. The fraction of sp³-hybridized carbons (Fsp3) is 0.238. The van der Waals surface area contributed by atoms with Crippen LogP contribution in [0.3, 0.4) is 0 Å². The molecule has 1 aliphatic rings. The minimum absolute atomic E-state index is 0.0678. The number of ether oxygens (including phenoxy) is 1. The largest absolute Gasteiger partial charge is 0.465 e. The number of nitrogens with zero attached hydrogens (tertiary/aromatic N) is 5. The Labute approximate surface area is 189 Å². The van der Waals surface area contributed by atoms with Crippen molar-refractivity contribution in [2.75, 3.05) is 6.61 Å². The molecule has 7 nitrogen and oxygen atoms in total. The number of amidine groups is 1. The smallest absolute Gasteiger partial charge is 0.282 e. The van der Waals surface area contributed by atoms with E-state index in [4.69, 9.17) is 15.7 Å². The normalized spacial score (nSPS) is 17.6. The standard InChI is InChI=1S/C20H17FN6O.CH5FP2/c1-20(6-7-28-19(23)26-20)16-8-14(3-4-17(16)21)15-11-25-27(12-15)18-5-2-13(9-22)10-24-18;2-1(3)4/h2-5,8,10-12H,6-7H2,1H3,(H2,23,26);1H,3-4H2/t20-;/m0./s1. The van der Waals surface area contributed by atoms with Crippen LogP contribution in [0.5, 0.6) is 0 Å². The van der Waals surface area contributed by atoms with E-state index in [1.54, 1.807) is 41.3 Å². The molecule has 166 valence electrons. The highest BCUT2D eigenvalue weighted by molar-refractivity contribution is 7.37. The van der Waals surface area contributed by atoms with Crippen molar-refractivity contribution in [2.24, 2.45) is 10.7 Å². The number of halogens is 2. The lowest BCUT2D eigenvalue weighted by Gasteiger charge is -2.30. The van der Waals surface area contributed by atoms with E-state index in [9.17, 15) is 8.78 Å². The number of hydrogen-bond donors (Lipinski definition) is 1. The zero-order chi connectivity index (χ0) is 23.3. The Bertz CT molecular complexity index is 1160. The van der Waals surface area contributed by atoms with Gasteiger partial charge in [0.1, 0.15) is 17.5 Å². The van der Waals surface area contributed by atoms with Gasteiger partial charge in [0.2, 0.25) is 0 Å². The van der Waals surface area contributed by atoms with E-state index in [0.29, 0.717) is 30.0 Å². The lowest BCUT2D eigenvalue weighted by atomic mass is 9.87. The van der Waals surface area contributed by atoms with Crippen LogP contribution in [0.25, 0.3) is 16.9 Å². The summed E-state index contributed by atoms with van der Waals surface area (Å²) < 4.78 is 32.3. The van der Waals surface area contributed by atoms with Gasteiger partial charge in [0.15, 0.2) is 5.82 Å². The van der Waals surface area contributed by atoms with Crippen LogP contribution in [-0.2, 0) is 10.3 Å². The van der Waals surface area contributed by atoms with Crippen LogP contribution in [0.1, 0.15) is 24.5 Å².